The van der Waals surface area contributed by atoms with Gasteiger partial charge in [0.05, 0.1) is 23.5 Å². The SMILES string of the molecule is Nc1cnc(Cl)cc1C(=O)N1CCCC1c1ccccc1. The molecule has 1 atom stereocenters. The van der Waals surface area contributed by atoms with Crippen molar-refractivity contribution >= 4 is 23.2 Å². The lowest BCUT2D eigenvalue weighted by molar-refractivity contribution is 0.0736. The summed E-state index contributed by atoms with van der Waals surface area (Å²) in [5.41, 5.74) is 7.82. The third-order valence-electron chi connectivity index (χ3n) is 3.83. The van der Waals surface area contributed by atoms with Gasteiger partial charge in [-0.05, 0) is 24.5 Å². The fraction of sp³-hybridized carbons (Fsp3) is 0.250. The number of carbonyl (C=O) groups is 1. The minimum absolute atomic E-state index is 0.0804. The highest BCUT2D eigenvalue weighted by molar-refractivity contribution is 6.29. The lowest BCUT2D eigenvalue weighted by atomic mass is 10.0. The Morgan fingerprint density at radius 2 is 2.10 bits per heavy atom. The zero-order chi connectivity index (χ0) is 14.8. The van der Waals surface area contributed by atoms with Crippen molar-refractivity contribution in [3.8, 4) is 0 Å². The maximum Gasteiger partial charge on any atom is 0.256 e. The van der Waals surface area contributed by atoms with Crippen LogP contribution in [0.25, 0.3) is 0 Å². The number of nitrogen functional groups attached to an aromatic ring is 1. The van der Waals surface area contributed by atoms with Crippen LogP contribution in [0, 0.1) is 0 Å². The van der Waals surface area contributed by atoms with Crippen LogP contribution in [-0.2, 0) is 0 Å². The van der Waals surface area contributed by atoms with Gasteiger partial charge in [-0.2, -0.15) is 0 Å². The smallest absolute Gasteiger partial charge is 0.256 e. The Balaban J connectivity index is 1.92. The molecule has 1 unspecified atom stereocenters. The van der Waals surface area contributed by atoms with E-state index in [-0.39, 0.29) is 17.1 Å². The van der Waals surface area contributed by atoms with Crippen LogP contribution >= 0.6 is 11.6 Å². The van der Waals surface area contributed by atoms with E-state index in [1.165, 1.54) is 6.20 Å². The van der Waals surface area contributed by atoms with E-state index in [2.05, 4.69) is 17.1 Å². The third-order valence-corrected chi connectivity index (χ3v) is 4.04. The topological polar surface area (TPSA) is 59.2 Å². The summed E-state index contributed by atoms with van der Waals surface area (Å²) in [4.78, 5) is 18.5. The summed E-state index contributed by atoms with van der Waals surface area (Å²) in [6.45, 7) is 0.734. The summed E-state index contributed by atoms with van der Waals surface area (Å²) in [5.74, 6) is -0.0804. The van der Waals surface area contributed by atoms with Crippen LogP contribution in [0.1, 0.15) is 34.8 Å². The molecule has 2 N–H and O–H groups in total. The van der Waals surface area contributed by atoms with Crippen LogP contribution in [0.5, 0.6) is 0 Å². The number of rotatable bonds is 2. The largest absolute Gasteiger partial charge is 0.397 e. The van der Waals surface area contributed by atoms with Crippen molar-refractivity contribution in [3.63, 3.8) is 0 Å². The Morgan fingerprint density at radius 3 is 2.86 bits per heavy atom. The maximum atomic E-state index is 12.8. The molecule has 1 aromatic heterocycles. The first kappa shape index (κ1) is 13.9. The number of likely N-dealkylation sites (tertiary alicyclic amines) is 1. The third kappa shape index (κ3) is 2.72. The summed E-state index contributed by atoms with van der Waals surface area (Å²) in [5, 5.41) is 0.281. The van der Waals surface area contributed by atoms with Gasteiger partial charge in [-0.15, -0.1) is 0 Å². The lowest BCUT2D eigenvalue weighted by Crippen LogP contribution is -2.31. The molecule has 0 aliphatic carbocycles. The van der Waals surface area contributed by atoms with Crippen LogP contribution in [0.3, 0.4) is 0 Å². The van der Waals surface area contributed by atoms with Gasteiger partial charge in [0.1, 0.15) is 5.15 Å². The van der Waals surface area contributed by atoms with Crippen LogP contribution < -0.4 is 5.73 Å². The number of aromatic nitrogens is 1. The van der Waals surface area contributed by atoms with Crippen LogP contribution in [-0.4, -0.2) is 22.3 Å². The lowest BCUT2D eigenvalue weighted by Gasteiger charge is -2.25. The molecule has 108 valence electrons. The van der Waals surface area contributed by atoms with E-state index in [0.717, 1.165) is 24.9 Å². The van der Waals surface area contributed by atoms with Gasteiger partial charge in [0.2, 0.25) is 0 Å². The number of nitrogens with zero attached hydrogens (tertiary/aromatic N) is 2. The molecule has 3 rings (SSSR count). The normalized spacial score (nSPS) is 18.0. The molecule has 1 aromatic carbocycles. The summed E-state index contributed by atoms with van der Waals surface area (Å²) in [6.07, 6.45) is 3.39. The minimum atomic E-state index is -0.0804. The molecule has 0 radical (unpaired) electrons. The molecule has 1 amide bonds. The summed E-state index contributed by atoms with van der Waals surface area (Å²) >= 11 is 5.88. The van der Waals surface area contributed by atoms with Crippen molar-refractivity contribution in [2.24, 2.45) is 0 Å². The van der Waals surface area contributed by atoms with Crippen molar-refractivity contribution in [2.45, 2.75) is 18.9 Å². The second kappa shape index (κ2) is 5.74. The number of hydrogen-bond donors (Lipinski definition) is 1. The van der Waals surface area contributed by atoms with Crippen LogP contribution in [0.4, 0.5) is 5.69 Å². The Morgan fingerprint density at radius 1 is 1.33 bits per heavy atom. The van der Waals surface area contributed by atoms with Gasteiger partial charge in [-0.3, -0.25) is 4.79 Å². The Hall–Kier alpha value is -2.07. The molecule has 1 fully saturated rings. The van der Waals surface area contributed by atoms with Gasteiger partial charge in [0.25, 0.3) is 5.91 Å². The van der Waals surface area contributed by atoms with E-state index in [9.17, 15) is 4.79 Å². The second-order valence-electron chi connectivity index (χ2n) is 5.16. The van der Waals surface area contributed by atoms with Crippen molar-refractivity contribution < 1.29 is 4.79 Å². The van der Waals surface area contributed by atoms with E-state index >= 15 is 0 Å². The van der Waals surface area contributed by atoms with Gasteiger partial charge in [-0.25, -0.2) is 4.98 Å². The molecule has 21 heavy (non-hydrogen) atoms. The molecule has 5 heteroatoms. The number of hydrogen-bond acceptors (Lipinski definition) is 3. The first-order valence-corrected chi connectivity index (χ1v) is 7.31. The van der Waals surface area contributed by atoms with E-state index < -0.39 is 0 Å². The number of nitrogens with two attached hydrogens (primary N) is 1. The molecule has 0 bridgehead atoms. The van der Waals surface area contributed by atoms with Gasteiger partial charge in [0, 0.05) is 6.54 Å². The molecule has 2 heterocycles. The van der Waals surface area contributed by atoms with Crippen molar-refractivity contribution in [3.05, 3.63) is 58.9 Å². The van der Waals surface area contributed by atoms with Gasteiger partial charge in [-0.1, -0.05) is 41.9 Å². The number of pyridine rings is 1. The highest BCUT2D eigenvalue weighted by Crippen LogP contribution is 2.33. The van der Waals surface area contributed by atoms with Crippen molar-refractivity contribution in [1.29, 1.82) is 0 Å². The fourth-order valence-corrected chi connectivity index (χ4v) is 2.97. The van der Waals surface area contributed by atoms with Gasteiger partial charge in [0.15, 0.2) is 0 Å². The fourth-order valence-electron chi connectivity index (χ4n) is 2.81. The van der Waals surface area contributed by atoms with Crippen molar-refractivity contribution in [2.75, 3.05) is 12.3 Å². The van der Waals surface area contributed by atoms with Crippen LogP contribution in [0.15, 0.2) is 42.6 Å². The number of benzene rings is 1. The van der Waals surface area contributed by atoms with Crippen LogP contribution in [0.2, 0.25) is 5.15 Å². The predicted molar refractivity (Wildman–Crippen MR) is 83.1 cm³/mol. The highest BCUT2D eigenvalue weighted by Gasteiger charge is 2.31. The zero-order valence-electron chi connectivity index (χ0n) is 11.5. The van der Waals surface area contributed by atoms with E-state index in [1.807, 2.05) is 23.1 Å². The van der Waals surface area contributed by atoms with E-state index in [0.29, 0.717) is 11.3 Å². The highest BCUT2D eigenvalue weighted by atomic mass is 35.5. The molecular weight excluding hydrogens is 286 g/mol. The second-order valence-corrected chi connectivity index (χ2v) is 5.55. The summed E-state index contributed by atoms with van der Waals surface area (Å²) in [7, 11) is 0. The average Bonchev–Trinajstić information content (AvgIpc) is 2.99. The Bertz CT molecular complexity index is 660. The number of carbonyl (C=O) groups excluding carboxylic acids is 1. The monoisotopic (exact) mass is 301 g/mol. The Labute approximate surface area is 128 Å². The summed E-state index contributed by atoms with van der Waals surface area (Å²) < 4.78 is 0. The van der Waals surface area contributed by atoms with Gasteiger partial charge < -0.3 is 10.6 Å². The predicted octanol–water partition coefficient (Wildman–Crippen LogP) is 3.29. The van der Waals surface area contributed by atoms with Crippen molar-refractivity contribution in [1.82, 2.24) is 9.88 Å². The zero-order valence-corrected chi connectivity index (χ0v) is 12.3. The molecule has 2 aromatic rings. The molecule has 0 spiro atoms. The molecule has 1 saturated heterocycles. The van der Waals surface area contributed by atoms with E-state index in [1.54, 1.807) is 6.07 Å². The number of anilines is 1. The first-order chi connectivity index (χ1) is 10.2. The number of halogens is 1. The Kier molecular flexibility index (Phi) is 3.80. The van der Waals surface area contributed by atoms with E-state index in [4.69, 9.17) is 17.3 Å². The standard InChI is InChI=1S/C16H16ClN3O/c17-15-9-12(13(18)10-19-15)16(21)20-8-4-7-14(20)11-5-2-1-3-6-11/h1-3,5-6,9-10,14H,4,7-8,18H2. The number of amides is 1. The average molecular weight is 302 g/mol. The molecule has 1 aliphatic heterocycles. The maximum absolute atomic E-state index is 12.8. The van der Waals surface area contributed by atoms with Gasteiger partial charge >= 0.3 is 0 Å². The molecule has 1 aliphatic rings. The first-order valence-electron chi connectivity index (χ1n) is 6.94. The molecular formula is C16H16ClN3O. The molecule has 0 saturated carbocycles. The minimum Gasteiger partial charge on any atom is -0.397 e. The summed E-state index contributed by atoms with van der Waals surface area (Å²) in [6, 6.07) is 11.7. The molecule has 4 nitrogen and oxygen atoms in total. The quantitative estimate of drug-likeness (QED) is 0.866.